The number of benzene rings is 1. The summed E-state index contributed by atoms with van der Waals surface area (Å²) in [7, 11) is 1.79. The summed E-state index contributed by atoms with van der Waals surface area (Å²) in [5.41, 5.74) is 0.802. The monoisotopic (exact) mass is 260 g/mol. The number of nitrogens with one attached hydrogen (secondary N) is 1. The van der Waals surface area contributed by atoms with Gasteiger partial charge in [-0.25, -0.2) is 9.37 Å². The second-order valence-electron chi connectivity index (χ2n) is 2.50. The van der Waals surface area contributed by atoms with Crippen LogP contribution in [0.2, 0.25) is 0 Å². The molecular weight excluding hydrogens is 255 g/mol. The molecule has 2 nitrogen and oxygen atoms in total. The Balaban J connectivity index is 2.75. The molecule has 0 atom stereocenters. The fourth-order valence-corrected chi connectivity index (χ4v) is 2.59. The van der Waals surface area contributed by atoms with Crippen molar-refractivity contribution in [1.82, 2.24) is 4.98 Å². The second kappa shape index (κ2) is 3.23. The Kier molecular flexibility index (Phi) is 2.21. The summed E-state index contributed by atoms with van der Waals surface area (Å²) >= 11 is 4.70. The summed E-state index contributed by atoms with van der Waals surface area (Å²) in [4.78, 5) is 4.27. The van der Waals surface area contributed by atoms with Crippen LogP contribution in [0.4, 0.5) is 9.52 Å². The second-order valence-corrected chi connectivity index (χ2v) is 4.39. The normalized spacial score (nSPS) is 10.7. The zero-order valence-electron chi connectivity index (χ0n) is 6.77. The molecule has 13 heavy (non-hydrogen) atoms. The summed E-state index contributed by atoms with van der Waals surface area (Å²) in [6, 6.07) is 2.90. The van der Waals surface area contributed by atoms with Crippen molar-refractivity contribution in [1.29, 1.82) is 0 Å². The summed E-state index contributed by atoms with van der Waals surface area (Å²) in [5, 5.41) is 3.72. The molecule has 0 unspecified atom stereocenters. The molecule has 1 N–H and O–H groups in total. The van der Waals surface area contributed by atoms with Gasteiger partial charge in [-0.15, -0.1) is 0 Å². The maximum Gasteiger partial charge on any atom is 0.183 e. The Morgan fingerprint density at radius 2 is 2.31 bits per heavy atom. The molecule has 0 saturated carbocycles. The molecule has 2 aromatic rings. The Morgan fingerprint density at radius 1 is 1.54 bits per heavy atom. The van der Waals surface area contributed by atoms with Crippen LogP contribution in [0.25, 0.3) is 10.2 Å². The number of halogens is 2. The Bertz CT molecular complexity index is 455. The molecule has 0 saturated heterocycles. The SMILES string of the molecule is CNc1nc2c(Br)cc(F)cc2s1. The molecule has 5 heteroatoms. The van der Waals surface area contributed by atoms with Gasteiger partial charge in [0.05, 0.1) is 10.2 Å². The number of nitrogens with zero attached hydrogens (tertiary/aromatic N) is 1. The minimum atomic E-state index is -0.245. The molecule has 0 amide bonds. The van der Waals surface area contributed by atoms with Gasteiger partial charge in [-0.2, -0.15) is 0 Å². The molecule has 0 spiro atoms. The lowest BCUT2D eigenvalue weighted by molar-refractivity contribution is 0.629. The summed E-state index contributed by atoms with van der Waals surface area (Å²) in [6.07, 6.45) is 0. The molecule has 0 aliphatic carbocycles. The van der Waals surface area contributed by atoms with Crippen molar-refractivity contribution in [3.63, 3.8) is 0 Å². The smallest absolute Gasteiger partial charge is 0.183 e. The lowest BCUT2D eigenvalue weighted by Crippen LogP contribution is -1.84. The predicted octanol–water partition coefficient (Wildman–Crippen LogP) is 3.24. The van der Waals surface area contributed by atoms with E-state index in [1.54, 1.807) is 7.05 Å². The highest BCUT2D eigenvalue weighted by molar-refractivity contribution is 9.10. The Labute approximate surface area is 86.9 Å². The van der Waals surface area contributed by atoms with Gasteiger partial charge in [0.15, 0.2) is 5.13 Å². The van der Waals surface area contributed by atoms with Gasteiger partial charge in [0.1, 0.15) is 5.82 Å². The van der Waals surface area contributed by atoms with E-state index in [0.717, 1.165) is 15.3 Å². The third-order valence-electron chi connectivity index (χ3n) is 1.63. The summed E-state index contributed by atoms with van der Waals surface area (Å²) in [6.45, 7) is 0. The van der Waals surface area contributed by atoms with Crippen molar-refractivity contribution in [2.45, 2.75) is 0 Å². The first kappa shape index (κ1) is 8.90. The van der Waals surface area contributed by atoms with Crippen LogP contribution in [0.5, 0.6) is 0 Å². The number of thiazole rings is 1. The molecule has 0 radical (unpaired) electrons. The topological polar surface area (TPSA) is 24.9 Å². The van der Waals surface area contributed by atoms with Crippen LogP contribution in [0.15, 0.2) is 16.6 Å². The molecule has 1 aromatic heterocycles. The third-order valence-corrected chi connectivity index (χ3v) is 3.25. The number of hydrogen-bond acceptors (Lipinski definition) is 3. The van der Waals surface area contributed by atoms with Crippen LogP contribution in [-0.2, 0) is 0 Å². The third kappa shape index (κ3) is 1.53. The van der Waals surface area contributed by atoms with E-state index in [9.17, 15) is 4.39 Å². The maximum atomic E-state index is 12.9. The zero-order valence-corrected chi connectivity index (χ0v) is 9.17. The number of fused-ring (bicyclic) bond motifs is 1. The first-order valence-corrected chi connectivity index (χ1v) is 5.25. The molecule has 1 heterocycles. The van der Waals surface area contributed by atoms with Crippen molar-refractivity contribution in [3.8, 4) is 0 Å². The van der Waals surface area contributed by atoms with E-state index in [1.807, 2.05) is 0 Å². The van der Waals surface area contributed by atoms with Crippen molar-refractivity contribution in [2.75, 3.05) is 12.4 Å². The predicted molar refractivity (Wildman–Crippen MR) is 56.8 cm³/mol. The quantitative estimate of drug-likeness (QED) is 0.852. The van der Waals surface area contributed by atoms with E-state index in [1.165, 1.54) is 23.5 Å². The zero-order chi connectivity index (χ0) is 9.42. The summed E-state index contributed by atoms with van der Waals surface area (Å²) < 4.78 is 14.5. The minimum Gasteiger partial charge on any atom is -0.365 e. The van der Waals surface area contributed by atoms with Gasteiger partial charge >= 0.3 is 0 Å². The molecule has 2 rings (SSSR count). The van der Waals surface area contributed by atoms with E-state index in [0.29, 0.717) is 4.47 Å². The molecule has 0 fully saturated rings. The highest BCUT2D eigenvalue weighted by Crippen LogP contribution is 2.31. The van der Waals surface area contributed by atoms with Crippen LogP contribution in [0.1, 0.15) is 0 Å². The number of rotatable bonds is 1. The van der Waals surface area contributed by atoms with Gasteiger partial charge in [0.25, 0.3) is 0 Å². The first-order valence-electron chi connectivity index (χ1n) is 3.64. The molecule has 0 bridgehead atoms. The average molecular weight is 261 g/mol. The first-order chi connectivity index (χ1) is 6.20. The average Bonchev–Trinajstić information content (AvgIpc) is 2.47. The van der Waals surface area contributed by atoms with Gasteiger partial charge < -0.3 is 5.32 Å². The summed E-state index contributed by atoms with van der Waals surface area (Å²) in [5.74, 6) is -0.245. The van der Waals surface area contributed by atoms with E-state index < -0.39 is 0 Å². The highest BCUT2D eigenvalue weighted by Gasteiger charge is 2.07. The van der Waals surface area contributed by atoms with Crippen LogP contribution in [-0.4, -0.2) is 12.0 Å². The van der Waals surface area contributed by atoms with Gasteiger partial charge in [0, 0.05) is 11.5 Å². The van der Waals surface area contributed by atoms with Gasteiger partial charge in [-0.1, -0.05) is 11.3 Å². The minimum absolute atomic E-state index is 0.245. The van der Waals surface area contributed by atoms with Gasteiger partial charge in [-0.3, -0.25) is 0 Å². The fourth-order valence-electron chi connectivity index (χ4n) is 1.06. The van der Waals surface area contributed by atoms with Crippen molar-refractivity contribution in [2.24, 2.45) is 0 Å². The van der Waals surface area contributed by atoms with Crippen LogP contribution >= 0.6 is 27.3 Å². The number of aromatic nitrogens is 1. The van der Waals surface area contributed by atoms with Crippen LogP contribution in [0.3, 0.4) is 0 Å². The molecule has 0 aliphatic rings. The molecule has 0 aliphatic heterocycles. The Morgan fingerprint density at radius 3 is 3.00 bits per heavy atom. The highest BCUT2D eigenvalue weighted by atomic mass is 79.9. The van der Waals surface area contributed by atoms with Crippen LogP contribution < -0.4 is 5.32 Å². The van der Waals surface area contributed by atoms with Crippen LogP contribution in [0, 0.1) is 5.82 Å². The van der Waals surface area contributed by atoms with Gasteiger partial charge in [0.2, 0.25) is 0 Å². The maximum absolute atomic E-state index is 12.9. The standard InChI is InChI=1S/C8H6BrFN2S/c1-11-8-12-7-5(9)2-4(10)3-6(7)13-8/h2-3H,1H3,(H,11,12). The largest absolute Gasteiger partial charge is 0.365 e. The number of anilines is 1. The molecule has 68 valence electrons. The molecule has 1 aromatic carbocycles. The fraction of sp³-hybridized carbons (Fsp3) is 0.125. The van der Waals surface area contributed by atoms with E-state index in [2.05, 4.69) is 26.2 Å². The van der Waals surface area contributed by atoms with Crippen molar-refractivity contribution >= 4 is 42.6 Å². The van der Waals surface area contributed by atoms with E-state index in [-0.39, 0.29) is 5.82 Å². The number of hydrogen-bond donors (Lipinski definition) is 1. The lowest BCUT2D eigenvalue weighted by Gasteiger charge is -1.91. The van der Waals surface area contributed by atoms with E-state index >= 15 is 0 Å². The van der Waals surface area contributed by atoms with E-state index in [4.69, 9.17) is 0 Å². The molecular formula is C8H6BrFN2S. The van der Waals surface area contributed by atoms with Crippen molar-refractivity contribution in [3.05, 3.63) is 22.4 Å². The van der Waals surface area contributed by atoms with Gasteiger partial charge in [-0.05, 0) is 28.1 Å². The Hall–Kier alpha value is -0.680. The van der Waals surface area contributed by atoms with Crippen molar-refractivity contribution < 1.29 is 4.39 Å². The lowest BCUT2D eigenvalue weighted by atomic mass is 10.3.